The third kappa shape index (κ3) is 6.50. The lowest BCUT2D eigenvalue weighted by Crippen LogP contribution is -2.48. The molecule has 0 unspecified atom stereocenters. The number of carbonyl (C=O) groups excluding carboxylic acids is 2. The number of nitrogens with one attached hydrogen (secondary N) is 3. The van der Waals surface area contributed by atoms with Crippen molar-refractivity contribution in [3.8, 4) is 5.75 Å². The number of amides is 2. The van der Waals surface area contributed by atoms with Gasteiger partial charge in [-0.05, 0) is 61.1 Å². The van der Waals surface area contributed by atoms with E-state index in [1.807, 2.05) is 6.92 Å². The Hall–Kier alpha value is -2.16. The van der Waals surface area contributed by atoms with Gasteiger partial charge in [0.25, 0.3) is 11.8 Å². The molecule has 2 amide bonds. The van der Waals surface area contributed by atoms with Gasteiger partial charge in [-0.3, -0.25) is 25.8 Å². The van der Waals surface area contributed by atoms with E-state index in [1.165, 1.54) is 0 Å². The van der Waals surface area contributed by atoms with Crippen LogP contribution in [0.4, 0.5) is 0 Å². The van der Waals surface area contributed by atoms with E-state index >= 15 is 0 Å². The maximum absolute atomic E-state index is 12.5. The van der Waals surface area contributed by atoms with E-state index in [9.17, 15) is 9.59 Å². The molecular weight excluding hydrogens is 454 g/mol. The second-order valence-corrected chi connectivity index (χ2v) is 7.12. The van der Waals surface area contributed by atoms with Gasteiger partial charge in [0.05, 0.1) is 12.2 Å². The number of rotatable bonds is 5. The van der Waals surface area contributed by atoms with Crippen molar-refractivity contribution in [2.24, 2.45) is 0 Å². The molecule has 0 saturated heterocycles. The summed E-state index contributed by atoms with van der Waals surface area (Å²) in [6.45, 7) is 2.46. The van der Waals surface area contributed by atoms with Crippen molar-refractivity contribution in [1.29, 1.82) is 0 Å². The average Bonchev–Trinajstić information content (AvgIpc) is 2.65. The van der Waals surface area contributed by atoms with Crippen molar-refractivity contribution in [2.45, 2.75) is 13.3 Å². The van der Waals surface area contributed by atoms with Crippen LogP contribution in [0.25, 0.3) is 0 Å². The summed E-state index contributed by atoms with van der Waals surface area (Å²) >= 11 is 14.2. The maximum atomic E-state index is 12.5. The molecule has 0 aromatic heterocycles. The molecule has 2 aromatic rings. The van der Waals surface area contributed by atoms with Crippen molar-refractivity contribution in [2.75, 3.05) is 6.61 Å². The molecule has 0 atom stereocenters. The minimum atomic E-state index is -0.458. The number of hydrogen-bond donors (Lipinski definition) is 3. The number of carbonyl (C=O) groups is 2. The predicted molar refractivity (Wildman–Crippen MR) is 112 cm³/mol. The van der Waals surface area contributed by atoms with E-state index in [0.29, 0.717) is 28.5 Å². The summed E-state index contributed by atoms with van der Waals surface area (Å²) in [7, 11) is 0. The van der Waals surface area contributed by atoms with Gasteiger partial charge in [-0.1, -0.05) is 34.5 Å². The molecule has 0 saturated carbocycles. The molecule has 0 bridgehead atoms. The Morgan fingerprint density at radius 2 is 1.81 bits per heavy atom. The average molecular weight is 471 g/mol. The van der Waals surface area contributed by atoms with E-state index in [0.717, 1.165) is 10.9 Å². The van der Waals surface area contributed by atoms with Gasteiger partial charge in [-0.25, -0.2) is 0 Å². The highest BCUT2D eigenvalue weighted by molar-refractivity contribution is 9.10. The van der Waals surface area contributed by atoms with Crippen molar-refractivity contribution in [1.82, 2.24) is 16.2 Å². The van der Waals surface area contributed by atoms with Crippen LogP contribution in [0.2, 0.25) is 5.02 Å². The smallest absolute Gasteiger partial charge is 0.269 e. The molecule has 0 radical (unpaired) electrons. The van der Waals surface area contributed by atoms with Crippen molar-refractivity contribution < 1.29 is 14.3 Å². The minimum Gasteiger partial charge on any atom is -0.493 e. The van der Waals surface area contributed by atoms with Gasteiger partial charge in [-0.2, -0.15) is 0 Å². The largest absolute Gasteiger partial charge is 0.493 e. The number of ether oxygens (including phenoxy) is 1. The fourth-order valence-electron chi connectivity index (χ4n) is 2.01. The molecule has 0 aliphatic carbocycles. The van der Waals surface area contributed by atoms with Crippen LogP contribution in [0.1, 0.15) is 34.1 Å². The maximum Gasteiger partial charge on any atom is 0.269 e. The summed E-state index contributed by atoms with van der Waals surface area (Å²) in [6.07, 6.45) is 0.813. The van der Waals surface area contributed by atoms with Crippen LogP contribution in [0.5, 0.6) is 5.75 Å². The lowest BCUT2D eigenvalue weighted by Gasteiger charge is -2.13. The normalized spacial score (nSPS) is 10.0. The van der Waals surface area contributed by atoms with Crippen LogP contribution >= 0.6 is 39.7 Å². The third-order valence-corrected chi connectivity index (χ3v) is 4.22. The van der Waals surface area contributed by atoms with Crippen molar-refractivity contribution in [3.05, 3.63) is 63.1 Å². The summed E-state index contributed by atoms with van der Waals surface area (Å²) in [5, 5.41) is 2.97. The van der Waals surface area contributed by atoms with E-state index in [2.05, 4.69) is 32.1 Å². The molecule has 2 aromatic carbocycles. The molecule has 27 heavy (non-hydrogen) atoms. The van der Waals surface area contributed by atoms with Gasteiger partial charge < -0.3 is 4.74 Å². The summed E-state index contributed by atoms with van der Waals surface area (Å²) in [5.74, 6) is -0.427. The standard InChI is InChI=1S/C18H17BrClN3O3S/c1-2-9-26-15-8-5-12(19)10-14(15)17(25)21-18(27)23-22-16(24)11-3-6-13(20)7-4-11/h3-8,10H,2,9H2,1H3,(H,22,24)(H2,21,23,25,27). The second-order valence-electron chi connectivity index (χ2n) is 5.36. The molecule has 3 N–H and O–H groups in total. The van der Waals surface area contributed by atoms with Crippen LogP contribution in [0.15, 0.2) is 46.9 Å². The Balaban J connectivity index is 1.95. The molecule has 0 fully saturated rings. The predicted octanol–water partition coefficient (Wildman–Crippen LogP) is 3.84. The Labute approximate surface area is 175 Å². The van der Waals surface area contributed by atoms with E-state index in [1.54, 1.807) is 42.5 Å². The van der Waals surface area contributed by atoms with E-state index < -0.39 is 11.8 Å². The fourth-order valence-corrected chi connectivity index (χ4v) is 2.64. The van der Waals surface area contributed by atoms with Gasteiger partial charge in [-0.15, -0.1) is 0 Å². The molecule has 0 spiro atoms. The zero-order valence-corrected chi connectivity index (χ0v) is 17.5. The SMILES string of the molecule is CCCOc1ccc(Br)cc1C(=O)NC(=S)NNC(=O)c1ccc(Cl)cc1. The molecule has 0 heterocycles. The van der Waals surface area contributed by atoms with Crippen LogP contribution in [0.3, 0.4) is 0 Å². The van der Waals surface area contributed by atoms with Crippen LogP contribution in [-0.2, 0) is 0 Å². The van der Waals surface area contributed by atoms with Crippen LogP contribution < -0.4 is 20.9 Å². The molecule has 6 nitrogen and oxygen atoms in total. The summed E-state index contributed by atoms with van der Waals surface area (Å²) in [6, 6.07) is 11.5. The van der Waals surface area contributed by atoms with Gasteiger partial charge in [0.2, 0.25) is 0 Å². The summed E-state index contributed by atoms with van der Waals surface area (Å²) < 4.78 is 6.31. The Bertz CT molecular complexity index is 846. The quantitative estimate of drug-likeness (QED) is 0.457. The first-order chi connectivity index (χ1) is 12.9. The number of benzene rings is 2. The Morgan fingerprint density at radius 1 is 1.11 bits per heavy atom. The number of hydrazine groups is 1. The lowest BCUT2D eigenvalue weighted by molar-refractivity contribution is 0.0933. The highest BCUT2D eigenvalue weighted by Crippen LogP contribution is 2.23. The zero-order valence-electron chi connectivity index (χ0n) is 14.3. The lowest BCUT2D eigenvalue weighted by atomic mass is 10.2. The Kier molecular flexibility index (Phi) is 8.02. The Morgan fingerprint density at radius 3 is 2.48 bits per heavy atom. The zero-order chi connectivity index (χ0) is 19.8. The third-order valence-electron chi connectivity index (χ3n) is 3.27. The number of hydrogen-bond acceptors (Lipinski definition) is 4. The summed E-state index contributed by atoms with van der Waals surface area (Å²) in [4.78, 5) is 24.5. The first kappa shape index (κ1) is 21.1. The monoisotopic (exact) mass is 469 g/mol. The molecule has 0 aliphatic rings. The number of halogens is 2. The molecule has 2 rings (SSSR count). The first-order valence-electron chi connectivity index (χ1n) is 8.00. The first-order valence-corrected chi connectivity index (χ1v) is 9.58. The van der Waals surface area contributed by atoms with Gasteiger partial charge in [0.1, 0.15) is 5.75 Å². The van der Waals surface area contributed by atoms with E-state index in [4.69, 9.17) is 28.6 Å². The van der Waals surface area contributed by atoms with E-state index in [-0.39, 0.29) is 5.11 Å². The summed E-state index contributed by atoms with van der Waals surface area (Å²) in [5.41, 5.74) is 5.61. The number of thiocarbonyl (C=S) groups is 1. The van der Waals surface area contributed by atoms with Gasteiger partial charge in [0, 0.05) is 15.1 Å². The second kappa shape index (κ2) is 10.2. The molecule has 142 valence electrons. The van der Waals surface area contributed by atoms with Crippen molar-refractivity contribution in [3.63, 3.8) is 0 Å². The fraction of sp³-hybridized carbons (Fsp3) is 0.167. The molecule has 9 heteroatoms. The topological polar surface area (TPSA) is 79.5 Å². The van der Waals surface area contributed by atoms with Gasteiger partial charge in [0.15, 0.2) is 5.11 Å². The van der Waals surface area contributed by atoms with Crippen molar-refractivity contribution >= 4 is 56.7 Å². The van der Waals surface area contributed by atoms with Crippen LogP contribution in [-0.4, -0.2) is 23.5 Å². The minimum absolute atomic E-state index is 0.0521. The highest BCUT2D eigenvalue weighted by atomic mass is 79.9. The van der Waals surface area contributed by atoms with Crippen LogP contribution in [0, 0.1) is 0 Å². The molecule has 0 aliphatic heterocycles. The highest BCUT2D eigenvalue weighted by Gasteiger charge is 2.15. The van der Waals surface area contributed by atoms with Gasteiger partial charge >= 0.3 is 0 Å². The molecular formula is C18H17BrClN3O3S.